The van der Waals surface area contributed by atoms with Crippen LogP contribution in [0.2, 0.25) is 5.02 Å². The lowest BCUT2D eigenvalue weighted by Crippen LogP contribution is -2.19. The van der Waals surface area contributed by atoms with Crippen LogP contribution in [-0.4, -0.2) is 41.5 Å². The zero-order valence-corrected chi connectivity index (χ0v) is 16.6. The number of aliphatic carboxylic acids is 1. The number of carboxylic acid groups (broad SMARTS) is 1. The molecule has 1 unspecified atom stereocenters. The minimum absolute atomic E-state index is 0.304. The first-order valence-electron chi connectivity index (χ1n) is 8.73. The van der Waals surface area contributed by atoms with Gasteiger partial charge in [0.15, 0.2) is 0 Å². The molecule has 0 radical (unpaired) electrons. The van der Waals surface area contributed by atoms with Crippen molar-refractivity contribution < 1.29 is 9.90 Å². The molecule has 146 valence electrons. The van der Waals surface area contributed by atoms with Crippen molar-refractivity contribution in [3.63, 3.8) is 0 Å². The number of nitrogens with one attached hydrogen (secondary N) is 2. The summed E-state index contributed by atoms with van der Waals surface area (Å²) in [5.41, 5.74) is 4.17. The number of benzene rings is 1. The third kappa shape index (κ3) is 4.33. The number of carbonyl (C=O) groups is 1. The van der Waals surface area contributed by atoms with Crippen molar-refractivity contribution in [2.45, 2.75) is 16.7 Å². The summed E-state index contributed by atoms with van der Waals surface area (Å²) in [5, 5.41) is 17.8. The van der Waals surface area contributed by atoms with Crippen molar-refractivity contribution in [2.75, 3.05) is 0 Å². The number of halogens is 1. The average Bonchev–Trinajstić information content (AvgIpc) is 3.39. The van der Waals surface area contributed by atoms with Gasteiger partial charge in [0.05, 0.1) is 12.0 Å². The van der Waals surface area contributed by atoms with Gasteiger partial charge in [-0.25, -0.2) is 4.98 Å². The highest BCUT2D eigenvalue weighted by Crippen LogP contribution is 2.39. The van der Waals surface area contributed by atoms with Gasteiger partial charge in [-0.15, -0.1) is 0 Å². The van der Waals surface area contributed by atoms with Crippen molar-refractivity contribution in [2.24, 2.45) is 0 Å². The van der Waals surface area contributed by atoms with Gasteiger partial charge < -0.3 is 10.1 Å². The van der Waals surface area contributed by atoms with Crippen LogP contribution >= 0.6 is 23.4 Å². The molecule has 0 aliphatic carbocycles. The number of nitrogens with zero attached hydrogens (tertiary/aromatic N) is 3. The Bertz CT molecular complexity index is 1100. The summed E-state index contributed by atoms with van der Waals surface area (Å²) in [6, 6.07) is 11.2. The third-order valence-corrected chi connectivity index (χ3v) is 5.75. The van der Waals surface area contributed by atoms with Crippen LogP contribution in [0, 0.1) is 0 Å². The SMILES string of the molecule is O=C(O)C(Cc1cnc[nH]1)Sc1n[nH]c(-c2ccc(Cl)cc2)c1-c1ccncc1. The van der Waals surface area contributed by atoms with E-state index in [0.717, 1.165) is 28.1 Å². The predicted octanol–water partition coefficient (Wildman–Crippen LogP) is 4.30. The fraction of sp³-hybridized carbons (Fsp3) is 0.100. The van der Waals surface area contributed by atoms with Crippen LogP contribution in [0.3, 0.4) is 0 Å². The highest BCUT2D eigenvalue weighted by Gasteiger charge is 2.25. The van der Waals surface area contributed by atoms with E-state index < -0.39 is 11.2 Å². The minimum atomic E-state index is -0.915. The van der Waals surface area contributed by atoms with E-state index in [-0.39, 0.29) is 0 Å². The molecular formula is C20H16ClN5O2S. The summed E-state index contributed by atoms with van der Waals surface area (Å²) < 4.78 is 0. The number of aromatic amines is 2. The molecule has 0 spiro atoms. The van der Waals surface area contributed by atoms with E-state index in [0.29, 0.717) is 16.5 Å². The number of hydrogen-bond donors (Lipinski definition) is 3. The van der Waals surface area contributed by atoms with Crippen molar-refractivity contribution in [3.05, 3.63) is 72.0 Å². The summed E-state index contributed by atoms with van der Waals surface area (Å²) in [6.07, 6.45) is 6.86. The molecule has 0 saturated carbocycles. The maximum Gasteiger partial charge on any atom is 0.317 e. The molecule has 0 amide bonds. The van der Waals surface area contributed by atoms with E-state index in [1.807, 2.05) is 24.3 Å². The van der Waals surface area contributed by atoms with Crippen molar-refractivity contribution >= 4 is 29.3 Å². The molecule has 0 aliphatic heterocycles. The molecule has 0 bridgehead atoms. The molecule has 3 N–H and O–H groups in total. The molecule has 3 heterocycles. The number of imidazole rings is 1. The Labute approximate surface area is 175 Å². The smallest absolute Gasteiger partial charge is 0.317 e. The monoisotopic (exact) mass is 425 g/mol. The quantitative estimate of drug-likeness (QED) is 0.381. The van der Waals surface area contributed by atoms with Gasteiger partial charge in [-0.2, -0.15) is 5.10 Å². The number of rotatable bonds is 7. The zero-order chi connectivity index (χ0) is 20.2. The van der Waals surface area contributed by atoms with Crippen LogP contribution in [0.4, 0.5) is 0 Å². The number of aromatic nitrogens is 5. The molecule has 0 saturated heterocycles. The zero-order valence-electron chi connectivity index (χ0n) is 15.0. The average molecular weight is 426 g/mol. The molecule has 0 fully saturated rings. The molecule has 3 aromatic heterocycles. The molecule has 1 aromatic carbocycles. The van der Waals surface area contributed by atoms with Gasteiger partial charge in [-0.1, -0.05) is 35.5 Å². The van der Waals surface area contributed by atoms with Crippen LogP contribution in [0.25, 0.3) is 22.4 Å². The summed E-state index contributed by atoms with van der Waals surface area (Å²) >= 11 is 7.22. The van der Waals surface area contributed by atoms with Crippen LogP contribution in [-0.2, 0) is 11.2 Å². The maximum absolute atomic E-state index is 11.9. The topological polar surface area (TPSA) is 108 Å². The second-order valence-electron chi connectivity index (χ2n) is 6.25. The van der Waals surface area contributed by atoms with Gasteiger partial charge in [0, 0.05) is 46.9 Å². The number of hydrogen-bond acceptors (Lipinski definition) is 5. The fourth-order valence-electron chi connectivity index (χ4n) is 2.93. The highest BCUT2D eigenvalue weighted by atomic mass is 35.5. The normalized spacial score (nSPS) is 12.0. The Morgan fingerprint density at radius 3 is 2.52 bits per heavy atom. The fourth-order valence-corrected chi connectivity index (χ4v) is 4.13. The molecular weight excluding hydrogens is 410 g/mol. The van der Waals surface area contributed by atoms with Gasteiger partial charge >= 0.3 is 5.97 Å². The second-order valence-corrected chi connectivity index (χ2v) is 7.88. The van der Waals surface area contributed by atoms with Gasteiger partial charge in [0.1, 0.15) is 10.3 Å². The Balaban J connectivity index is 1.74. The molecule has 4 rings (SSSR count). The summed E-state index contributed by atoms with van der Waals surface area (Å²) in [4.78, 5) is 22.9. The van der Waals surface area contributed by atoms with Crippen molar-refractivity contribution in [1.29, 1.82) is 0 Å². The van der Waals surface area contributed by atoms with Gasteiger partial charge in [0.25, 0.3) is 0 Å². The highest BCUT2D eigenvalue weighted by molar-refractivity contribution is 8.00. The summed E-state index contributed by atoms with van der Waals surface area (Å²) in [5.74, 6) is -0.915. The standard InChI is InChI=1S/C20H16ClN5O2S/c21-14-3-1-13(2-4-14)18-17(12-5-7-22-8-6-12)19(26-25-18)29-16(20(27)28)9-15-10-23-11-24-15/h1-8,10-11,16H,9H2,(H,23,24)(H,25,26)(H,27,28). The minimum Gasteiger partial charge on any atom is -0.480 e. The summed E-state index contributed by atoms with van der Waals surface area (Å²) in [6.45, 7) is 0. The molecule has 7 nitrogen and oxygen atoms in total. The van der Waals surface area contributed by atoms with E-state index in [4.69, 9.17) is 11.6 Å². The lowest BCUT2D eigenvalue weighted by molar-refractivity contribution is -0.136. The molecule has 9 heteroatoms. The van der Waals surface area contributed by atoms with E-state index in [9.17, 15) is 9.90 Å². The van der Waals surface area contributed by atoms with Gasteiger partial charge in [-0.3, -0.25) is 14.9 Å². The Hall–Kier alpha value is -3.10. The maximum atomic E-state index is 11.9. The van der Waals surface area contributed by atoms with Crippen molar-refractivity contribution in [1.82, 2.24) is 25.1 Å². The van der Waals surface area contributed by atoms with Crippen molar-refractivity contribution in [3.8, 4) is 22.4 Å². The largest absolute Gasteiger partial charge is 0.480 e. The Morgan fingerprint density at radius 2 is 1.86 bits per heavy atom. The molecule has 0 aliphatic rings. The lowest BCUT2D eigenvalue weighted by Gasteiger charge is -2.11. The van der Waals surface area contributed by atoms with E-state index in [2.05, 4.69) is 25.1 Å². The number of thioether (sulfide) groups is 1. The Kier molecular flexibility index (Phi) is 5.64. The third-order valence-electron chi connectivity index (χ3n) is 4.32. The molecule has 1 atom stereocenters. The molecule has 29 heavy (non-hydrogen) atoms. The van der Waals surface area contributed by atoms with E-state index in [1.54, 1.807) is 30.7 Å². The van der Waals surface area contributed by atoms with Crippen LogP contribution < -0.4 is 0 Å². The number of pyridine rings is 1. The van der Waals surface area contributed by atoms with E-state index >= 15 is 0 Å². The van der Waals surface area contributed by atoms with Crippen LogP contribution in [0.1, 0.15) is 5.69 Å². The van der Waals surface area contributed by atoms with Gasteiger partial charge in [-0.05, 0) is 29.8 Å². The van der Waals surface area contributed by atoms with Gasteiger partial charge in [0.2, 0.25) is 0 Å². The first kappa shape index (κ1) is 19.2. The predicted molar refractivity (Wildman–Crippen MR) is 112 cm³/mol. The second kappa shape index (κ2) is 8.50. The number of carboxylic acids is 1. The van der Waals surface area contributed by atoms with Crippen LogP contribution in [0.5, 0.6) is 0 Å². The summed E-state index contributed by atoms with van der Waals surface area (Å²) in [7, 11) is 0. The first-order chi connectivity index (χ1) is 14.1. The Morgan fingerprint density at radius 1 is 1.10 bits per heavy atom. The first-order valence-corrected chi connectivity index (χ1v) is 9.99. The number of H-pyrrole nitrogens is 2. The molecule has 4 aromatic rings. The lowest BCUT2D eigenvalue weighted by atomic mass is 10.0. The van der Waals surface area contributed by atoms with E-state index in [1.165, 1.54) is 18.1 Å². The van der Waals surface area contributed by atoms with Crippen LogP contribution in [0.15, 0.2) is 66.3 Å².